The summed E-state index contributed by atoms with van der Waals surface area (Å²) in [7, 11) is 0. The first kappa shape index (κ1) is 15.5. The molecule has 3 N–H and O–H groups in total. The number of benzene rings is 1. The van der Waals surface area contributed by atoms with Crippen LogP contribution in [-0.2, 0) is 0 Å². The quantitative estimate of drug-likeness (QED) is 0.290. The molecule has 9 heteroatoms. The van der Waals surface area contributed by atoms with Gasteiger partial charge in [-0.15, -0.1) is 0 Å². The lowest BCUT2D eigenvalue weighted by atomic mass is 10.2. The summed E-state index contributed by atoms with van der Waals surface area (Å²) < 4.78 is 54.0. The SMILES string of the molecule is N/C(=N/O)c1ccc(OCCC(F)(F)F)c(F)c1Br. The van der Waals surface area contributed by atoms with Gasteiger partial charge in [0.25, 0.3) is 0 Å². The van der Waals surface area contributed by atoms with E-state index in [9.17, 15) is 17.6 Å². The lowest BCUT2D eigenvalue weighted by molar-refractivity contribution is -0.139. The van der Waals surface area contributed by atoms with Gasteiger partial charge in [0.2, 0.25) is 0 Å². The van der Waals surface area contributed by atoms with Crippen LogP contribution in [0, 0.1) is 5.82 Å². The van der Waals surface area contributed by atoms with Crippen molar-refractivity contribution in [2.75, 3.05) is 6.61 Å². The predicted molar refractivity (Wildman–Crippen MR) is 62.8 cm³/mol. The van der Waals surface area contributed by atoms with Crippen molar-refractivity contribution < 1.29 is 27.5 Å². The predicted octanol–water partition coefficient (Wildman–Crippen LogP) is 3.01. The van der Waals surface area contributed by atoms with E-state index >= 15 is 0 Å². The highest BCUT2D eigenvalue weighted by molar-refractivity contribution is 9.10. The Morgan fingerprint density at radius 2 is 2.05 bits per heavy atom. The zero-order valence-electron chi connectivity index (χ0n) is 9.34. The van der Waals surface area contributed by atoms with Gasteiger partial charge >= 0.3 is 6.18 Å². The van der Waals surface area contributed by atoms with Gasteiger partial charge in [0, 0.05) is 5.56 Å². The first-order valence-corrected chi connectivity index (χ1v) is 5.71. The average molecular weight is 345 g/mol. The zero-order chi connectivity index (χ0) is 14.6. The number of nitrogens with two attached hydrogens (primary N) is 1. The first-order valence-electron chi connectivity index (χ1n) is 4.91. The van der Waals surface area contributed by atoms with E-state index in [1.807, 2.05) is 0 Å². The van der Waals surface area contributed by atoms with Gasteiger partial charge in [0.15, 0.2) is 17.4 Å². The molecule has 19 heavy (non-hydrogen) atoms. The number of alkyl halides is 3. The van der Waals surface area contributed by atoms with Crippen LogP contribution >= 0.6 is 15.9 Å². The summed E-state index contributed by atoms with van der Waals surface area (Å²) in [6.07, 6.45) is -5.56. The Labute approximate surface area is 114 Å². The van der Waals surface area contributed by atoms with Crippen LogP contribution in [-0.4, -0.2) is 23.8 Å². The van der Waals surface area contributed by atoms with Crippen molar-refractivity contribution in [3.8, 4) is 5.75 Å². The minimum absolute atomic E-state index is 0.0585. The molecular formula is C10H9BrF4N2O2. The maximum absolute atomic E-state index is 13.7. The third-order valence-corrected chi connectivity index (χ3v) is 2.85. The molecular weight excluding hydrogens is 336 g/mol. The second-order valence-corrected chi connectivity index (χ2v) is 4.23. The van der Waals surface area contributed by atoms with Gasteiger partial charge in [-0.1, -0.05) is 5.16 Å². The molecule has 0 atom stereocenters. The second-order valence-electron chi connectivity index (χ2n) is 3.44. The van der Waals surface area contributed by atoms with Crippen LogP contribution in [0.2, 0.25) is 0 Å². The third-order valence-electron chi connectivity index (χ3n) is 2.07. The fourth-order valence-corrected chi connectivity index (χ4v) is 1.70. The summed E-state index contributed by atoms with van der Waals surface area (Å²) in [6.45, 7) is -0.699. The highest BCUT2D eigenvalue weighted by atomic mass is 79.9. The van der Waals surface area contributed by atoms with E-state index in [1.165, 1.54) is 6.07 Å². The number of hydrogen-bond donors (Lipinski definition) is 2. The monoisotopic (exact) mass is 344 g/mol. The van der Waals surface area contributed by atoms with Crippen molar-refractivity contribution in [1.82, 2.24) is 0 Å². The molecule has 0 heterocycles. The minimum atomic E-state index is -4.37. The van der Waals surface area contributed by atoms with Crippen LogP contribution in [0.1, 0.15) is 12.0 Å². The summed E-state index contributed by atoms with van der Waals surface area (Å²) in [5.41, 5.74) is 5.34. The van der Waals surface area contributed by atoms with Crippen LogP contribution in [0.4, 0.5) is 17.6 Å². The Morgan fingerprint density at radius 3 is 2.58 bits per heavy atom. The van der Waals surface area contributed by atoms with E-state index in [0.29, 0.717) is 0 Å². The normalized spacial score (nSPS) is 12.6. The molecule has 4 nitrogen and oxygen atoms in total. The van der Waals surface area contributed by atoms with Crippen molar-refractivity contribution in [3.05, 3.63) is 28.0 Å². The molecule has 1 aromatic rings. The van der Waals surface area contributed by atoms with Crippen LogP contribution < -0.4 is 10.5 Å². The van der Waals surface area contributed by atoms with E-state index in [2.05, 4.69) is 21.1 Å². The fourth-order valence-electron chi connectivity index (χ4n) is 1.17. The van der Waals surface area contributed by atoms with Gasteiger partial charge in [0.05, 0.1) is 17.5 Å². The number of ether oxygens (including phenoxy) is 1. The van der Waals surface area contributed by atoms with Gasteiger partial charge in [-0.3, -0.25) is 0 Å². The van der Waals surface area contributed by atoms with Crippen molar-refractivity contribution in [1.29, 1.82) is 0 Å². The van der Waals surface area contributed by atoms with Crippen LogP contribution in [0.3, 0.4) is 0 Å². The van der Waals surface area contributed by atoms with E-state index in [0.717, 1.165) is 6.07 Å². The Hall–Kier alpha value is -1.51. The summed E-state index contributed by atoms with van der Waals surface area (Å²) in [6, 6.07) is 2.36. The lowest BCUT2D eigenvalue weighted by Crippen LogP contribution is -2.16. The Kier molecular flexibility index (Phi) is 4.98. The van der Waals surface area contributed by atoms with E-state index < -0.39 is 25.0 Å². The first-order chi connectivity index (χ1) is 8.76. The molecule has 0 saturated heterocycles. The van der Waals surface area contributed by atoms with Gasteiger partial charge in [-0.25, -0.2) is 4.39 Å². The molecule has 0 spiro atoms. The number of hydrogen-bond acceptors (Lipinski definition) is 3. The van der Waals surface area contributed by atoms with Crippen molar-refractivity contribution in [2.24, 2.45) is 10.9 Å². The van der Waals surface area contributed by atoms with Crippen LogP contribution in [0.5, 0.6) is 5.75 Å². The number of rotatable bonds is 4. The number of amidine groups is 1. The molecule has 0 aromatic heterocycles. The Balaban J connectivity index is 2.86. The maximum Gasteiger partial charge on any atom is 0.392 e. The molecule has 1 rings (SSSR count). The Bertz CT molecular complexity index is 491. The molecule has 0 aliphatic carbocycles. The zero-order valence-corrected chi connectivity index (χ0v) is 10.9. The molecule has 0 aliphatic rings. The molecule has 0 unspecified atom stereocenters. The molecule has 0 fully saturated rings. The van der Waals surface area contributed by atoms with Gasteiger partial charge in [-0.2, -0.15) is 13.2 Å². The molecule has 0 aliphatic heterocycles. The summed E-state index contributed by atoms with van der Waals surface area (Å²) in [5, 5.41) is 11.2. The topological polar surface area (TPSA) is 67.8 Å². The molecule has 106 valence electrons. The summed E-state index contributed by atoms with van der Waals surface area (Å²) in [4.78, 5) is 0. The molecule has 1 aromatic carbocycles. The van der Waals surface area contributed by atoms with Crippen LogP contribution in [0.15, 0.2) is 21.8 Å². The Morgan fingerprint density at radius 1 is 1.42 bits per heavy atom. The maximum atomic E-state index is 13.7. The third kappa shape index (κ3) is 4.27. The minimum Gasteiger partial charge on any atom is -0.490 e. The molecule has 0 amide bonds. The largest absolute Gasteiger partial charge is 0.490 e. The average Bonchev–Trinajstić information content (AvgIpc) is 2.32. The molecule has 0 bridgehead atoms. The van der Waals surface area contributed by atoms with E-state index in [1.54, 1.807) is 0 Å². The number of halogens is 5. The smallest absolute Gasteiger partial charge is 0.392 e. The van der Waals surface area contributed by atoms with Gasteiger partial charge in [0.1, 0.15) is 0 Å². The van der Waals surface area contributed by atoms with E-state index in [-0.39, 0.29) is 21.6 Å². The summed E-state index contributed by atoms with van der Waals surface area (Å²) in [5.74, 6) is -1.62. The van der Waals surface area contributed by atoms with E-state index in [4.69, 9.17) is 15.7 Å². The highest BCUT2D eigenvalue weighted by Crippen LogP contribution is 2.29. The van der Waals surface area contributed by atoms with Crippen molar-refractivity contribution >= 4 is 21.8 Å². The second kappa shape index (κ2) is 6.09. The van der Waals surface area contributed by atoms with Gasteiger partial charge < -0.3 is 15.7 Å². The number of oxime groups is 1. The highest BCUT2D eigenvalue weighted by Gasteiger charge is 2.27. The fraction of sp³-hybridized carbons (Fsp3) is 0.300. The number of nitrogens with zero attached hydrogens (tertiary/aromatic N) is 1. The lowest BCUT2D eigenvalue weighted by Gasteiger charge is -2.11. The van der Waals surface area contributed by atoms with Crippen molar-refractivity contribution in [2.45, 2.75) is 12.6 Å². The van der Waals surface area contributed by atoms with Gasteiger partial charge in [-0.05, 0) is 28.1 Å². The molecule has 0 saturated carbocycles. The standard InChI is InChI=1S/C10H9BrF4N2O2/c11-7-5(9(16)17-18)1-2-6(8(7)12)19-4-3-10(13,14)15/h1-2,18H,3-4H2,(H2,16,17). The van der Waals surface area contributed by atoms with Crippen molar-refractivity contribution in [3.63, 3.8) is 0 Å². The summed E-state index contributed by atoms with van der Waals surface area (Å²) >= 11 is 2.85. The van der Waals surface area contributed by atoms with Crippen LogP contribution in [0.25, 0.3) is 0 Å². The molecule has 0 radical (unpaired) electrons.